The molecular weight excluding hydrogens is 228 g/mol. The van der Waals surface area contributed by atoms with Crippen LogP contribution in [-0.4, -0.2) is 21.3 Å². The zero-order valence-corrected chi connectivity index (χ0v) is 10.2. The molecule has 1 saturated carbocycles. The fourth-order valence-corrected chi connectivity index (χ4v) is 2.34. The van der Waals surface area contributed by atoms with Crippen LogP contribution in [0.1, 0.15) is 31.4 Å². The minimum absolute atomic E-state index is 0.215. The van der Waals surface area contributed by atoms with Gasteiger partial charge in [0.2, 0.25) is 0 Å². The van der Waals surface area contributed by atoms with Crippen LogP contribution >= 0.6 is 0 Å². The van der Waals surface area contributed by atoms with Gasteiger partial charge in [-0.05, 0) is 25.0 Å². The lowest BCUT2D eigenvalue weighted by Gasteiger charge is -2.20. The summed E-state index contributed by atoms with van der Waals surface area (Å²) in [6.07, 6.45) is 7.21. The van der Waals surface area contributed by atoms with E-state index in [2.05, 4.69) is 4.98 Å². The van der Waals surface area contributed by atoms with Gasteiger partial charge < -0.3 is 9.14 Å². The van der Waals surface area contributed by atoms with E-state index in [9.17, 15) is 4.79 Å². The van der Waals surface area contributed by atoms with E-state index >= 15 is 0 Å². The summed E-state index contributed by atoms with van der Waals surface area (Å²) in [6.45, 7) is 0.528. The molecule has 2 aromatic heterocycles. The van der Waals surface area contributed by atoms with Gasteiger partial charge in [-0.25, -0.2) is 4.98 Å². The maximum atomic E-state index is 11.1. The molecule has 0 amide bonds. The lowest BCUT2D eigenvalue weighted by Crippen LogP contribution is -2.21. The lowest BCUT2D eigenvalue weighted by atomic mass is 9.96. The molecule has 94 valence electrons. The average molecular weight is 244 g/mol. The van der Waals surface area contributed by atoms with E-state index in [0.29, 0.717) is 25.2 Å². The van der Waals surface area contributed by atoms with Gasteiger partial charge in [0.05, 0.1) is 18.4 Å². The highest BCUT2D eigenvalue weighted by atomic mass is 16.5. The molecule has 0 aromatic carbocycles. The number of pyridine rings is 1. The summed E-state index contributed by atoms with van der Waals surface area (Å²) in [7, 11) is 0. The van der Waals surface area contributed by atoms with Crippen molar-refractivity contribution >= 4 is 11.4 Å². The van der Waals surface area contributed by atoms with Gasteiger partial charge in [-0.3, -0.25) is 4.79 Å². The van der Waals surface area contributed by atoms with Gasteiger partial charge in [-0.2, -0.15) is 0 Å². The molecule has 4 nitrogen and oxygen atoms in total. The van der Waals surface area contributed by atoms with Crippen molar-refractivity contribution < 1.29 is 9.53 Å². The molecular formula is C14H16N2O2. The van der Waals surface area contributed by atoms with Crippen molar-refractivity contribution in [3.05, 3.63) is 36.3 Å². The molecule has 0 aliphatic heterocycles. The Bertz CT molecular complexity index is 519. The van der Waals surface area contributed by atoms with Crippen LogP contribution < -0.4 is 0 Å². The fraction of sp³-hybridized carbons (Fsp3) is 0.429. The van der Waals surface area contributed by atoms with Crippen LogP contribution in [0.25, 0.3) is 5.65 Å². The zero-order valence-electron chi connectivity index (χ0n) is 10.2. The normalized spacial score (nSPS) is 17.4. The second-order valence-electron chi connectivity index (χ2n) is 4.75. The van der Waals surface area contributed by atoms with E-state index in [0.717, 1.165) is 24.2 Å². The molecule has 3 rings (SSSR count). The molecule has 0 radical (unpaired) electrons. The van der Waals surface area contributed by atoms with Crippen molar-refractivity contribution in [1.82, 2.24) is 9.38 Å². The fourth-order valence-electron chi connectivity index (χ4n) is 2.34. The summed E-state index contributed by atoms with van der Waals surface area (Å²) < 4.78 is 7.81. The van der Waals surface area contributed by atoms with E-state index in [4.69, 9.17) is 4.74 Å². The van der Waals surface area contributed by atoms with Gasteiger partial charge in [0.15, 0.2) is 0 Å². The largest absolute Gasteiger partial charge is 0.372 e. The van der Waals surface area contributed by atoms with E-state index < -0.39 is 0 Å². The summed E-state index contributed by atoms with van der Waals surface area (Å²) in [4.78, 5) is 15.6. The number of carbonyl (C=O) groups is 1. The van der Waals surface area contributed by atoms with Gasteiger partial charge in [-0.1, -0.05) is 6.07 Å². The molecule has 4 heteroatoms. The average Bonchev–Trinajstić information content (AvgIpc) is 2.81. The predicted molar refractivity (Wildman–Crippen MR) is 67.2 cm³/mol. The Morgan fingerprint density at radius 2 is 2.17 bits per heavy atom. The molecule has 0 atom stereocenters. The topological polar surface area (TPSA) is 43.6 Å². The van der Waals surface area contributed by atoms with Crippen molar-refractivity contribution in [2.45, 2.75) is 38.4 Å². The Labute approximate surface area is 106 Å². The maximum absolute atomic E-state index is 11.1. The van der Waals surface area contributed by atoms with Crippen LogP contribution in [0.15, 0.2) is 30.6 Å². The number of nitrogens with zero attached hydrogens (tertiary/aromatic N) is 2. The quantitative estimate of drug-likeness (QED) is 0.832. The van der Waals surface area contributed by atoms with E-state index in [1.807, 2.05) is 35.0 Å². The number of rotatable bonds is 3. The summed E-state index contributed by atoms with van der Waals surface area (Å²) in [5.74, 6) is 0.364. The molecule has 0 N–H and O–H groups in total. The minimum Gasteiger partial charge on any atom is -0.372 e. The molecule has 0 bridgehead atoms. The summed E-state index contributed by atoms with van der Waals surface area (Å²) in [5.41, 5.74) is 1.88. The number of ether oxygens (including phenoxy) is 1. The molecule has 2 aromatic rings. The standard InChI is InChI=1S/C14H16N2O2/c17-12-4-6-13(7-5-12)18-10-11-9-16-8-2-1-3-14(16)15-11/h1-3,8-9,13H,4-7,10H2. The highest BCUT2D eigenvalue weighted by molar-refractivity contribution is 5.79. The first kappa shape index (κ1) is 11.4. The van der Waals surface area contributed by atoms with Crippen molar-refractivity contribution in [1.29, 1.82) is 0 Å². The second kappa shape index (κ2) is 4.90. The van der Waals surface area contributed by atoms with Crippen molar-refractivity contribution in [2.75, 3.05) is 0 Å². The number of aromatic nitrogens is 2. The summed E-state index contributed by atoms with van der Waals surface area (Å²) in [6, 6.07) is 5.93. The second-order valence-corrected chi connectivity index (χ2v) is 4.75. The van der Waals surface area contributed by atoms with Gasteiger partial charge in [0.1, 0.15) is 11.4 Å². The van der Waals surface area contributed by atoms with Crippen LogP contribution in [0.3, 0.4) is 0 Å². The number of hydrogen-bond acceptors (Lipinski definition) is 3. The van der Waals surface area contributed by atoms with E-state index in [1.165, 1.54) is 0 Å². The van der Waals surface area contributed by atoms with Crippen molar-refractivity contribution in [2.24, 2.45) is 0 Å². The third-order valence-corrected chi connectivity index (χ3v) is 3.37. The first-order chi connectivity index (χ1) is 8.81. The van der Waals surface area contributed by atoms with Gasteiger partial charge >= 0.3 is 0 Å². The highest BCUT2D eigenvalue weighted by Crippen LogP contribution is 2.19. The highest BCUT2D eigenvalue weighted by Gasteiger charge is 2.19. The molecule has 2 heterocycles. The number of Topliss-reactive ketones (excluding diaryl/α,β-unsaturated/α-hetero) is 1. The Kier molecular flexibility index (Phi) is 3.11. The first-order valence-corrected chi connectivity index (χ1v) is 6.37. The number of fused-ring (bicyclic) bond motifs is 1. The Morgan fingerprint density at radius 3 is 2.94 bits per heavy atom. The van der Waals surface area contributed by atoms with E-state index in [1.54, 1.807) is 0 Å². The molecule has 0 saturated heterocycles. The first-order valence-electron chi connectivity index (χ1n) is 6.37. The summed E-state index contributed by atoms with van der Waals surface area (Å²) >= 11 is 0. The van der Waals surface area contributed by atoms with E-state index in [-0.39, 0.29) is 6.10 Å². The molecule has 1 aliphatic rings. The van der Waals surface area contributed by atoms with Crippen molar-refractivity contribution in [3.63, 3.8) is 0 Å². The molecule has 0 spiro atoms. The summed E-state index contributed by atoms with van der Waals surface area (Å²) in [5, 5.41) is 0. The van der Waals surface area contributed by atoms with Crippen LogP contribution in [0.2, 0.25) is 0 Å². The predicted octanol–water partition coefficient (Wildman–Crippen LogP) is 2.36. The van der Waals surface area contributed by atoms with Crippen LogP contribution in [0.5, 0.6) is 0 Å². The molecule has 1 fully saturated rings. The SMILES string of the molecule is O=C1CCC(OCc2cn3ccccc3n2)CC1. The van der Waals surface area contributed by atoms with Gasteiger partial charge in [0.25, 0.3) is 0 Å². The van der Waals surface area contributed by atoms with Crippen LogP contribution in [0, 0.1) is 0 Å². The monoisotopic (exact) mass is 244 g/mol. The zero-order chi connectivity index (χ0) is 12.4. The lowest BCUT2D eigenvalue weighted by molar-refractivity contribution is -0.123. The maximum Gasteiger partial charge on any atom is 0.137 e. The number of ketones is 1. The smallest absolute Gasteiger partial charge is 0.137 e. The van der Waals surface area contributed by atoms with Crippen LogP contribution in [-0.2, 0) is 16.1 Å². The molecule has 18 heavy (non-hydrogen) atoms. The molecule has 1 aliphatic carbocycles. The number of carbonyl (C=O) groups excluding carboxylic acids is 1. The van der Waals surface area contributed by atoms with Crippen molar-refractivity contribution in [3.8, 4) is 0 Å². The van der Waals surface area contributed by atoms with Crippen LogP contribution in [0.4, 0.5) is 0 Å². The minimum atomic E-state index is 0.215. The Balaban J connectivity index is 1.61. The Hall–Kier alpha value is -1.68. The number of imidazole rings is 1. The Morgan fingerprint density at radius 1 is 1.33 bits per heavy atom. The van der Waals surface area contributed by atoms with Gasteiger partial charge in [-0.15, -0.1) is 0 Å². The third-order valence-electron chi connectivity index (χ3n) is 3.37. The third kappa shape index (κ3) is 2.43. The number of hydrogen-bond donors (Lipinski definition) is 0. The molecule has 0 unspecified atom stereocenters. The van der Waals surface area contributed by atoms with Gasteiger partial charge in [0, 0.05) is 25.2 Å².